The molecule has 0 aliphatic rings. The Morgan fingerprint density at radius 1 is 1.28 bits per heavy atom. The highest BCUT2D eigenvalue weighted by Gasteiger charge is 2.36. The zero-order valence-corrected chi connectivity index (χ0v) is 20.1. The van der Waals surface area contributed by atoms with Gasteiger partial charge in [0.15, 0.2) is 11.5 Å². The molecule has 0 aliphatic carbocycles. The summed E-state index contributed by atoms with van der Waals surface area (Å²) >= 11 is 0. The van der Waals surface area contributed by atoms with Crippen LogP contribution in [0.5, 0.6) is 0 Å². The van der Waals surface area contributed by atoms with Gasteiger partial charge in [-0.25, -0.2) is 20.0 Å². The van der Waals surface area contributed by atoms with Crippen LogP contribution in [0.4, 0.5) is 5.82 Å². The average molecular weight is 469 g/mol. The van der Waals surface area contributed by atoms with Crippen LogP contribution in [0.25, 0.3) is 11.2 Å². The van der Waals surface area contributed by atoms with Crippen LogP contribution in [0.15, 0.2) is 17.8 Å². The quantitative estimate of drug-likeness (QED) is 0.239. The summed E-state index contributed by atoms with van der Waals surface area (Å²) in [5, 5.41) is 16.1. The SMILES string of the molecule is CC(C)=NO[P@@](=O)(CO[C@H](C)Cn1cnc2c(N)ncnc21)NC(C(C)C)C(C)C(=O)O. The molecule has 0 radical (unpaired) electrons. The zero-order valence-electron chi connectivity index (χ0n) is 19.2. The van der Waals surface area contributed by atoms with Crippen molar-refractivity contribution in [2.24, 2.45) is 17.0 Å². The molecule has 178 valence electrons. The van der Waals surface area contributed by atoms with Crippen molar-refractivity contribution in [2.45, 2.75) is 60.2 Å². The highest BCUT2D eigenvalue weighted by molar-refractivity contribution is 7.56. The van der Waals surface area contributed by atoms with Crippen molar-refractivity contribution in [1.29, 1.82) is 0 Å². The molecule has 2 unspecified atom stereocenters. The highest BCUT2D eigenvalue weighted by atomic mass is 31.2. The van der Waals surface area contributed by atoms with Gasteiger partial charge >= 0.3 is 13.5 Å². The number of fused-ring (bicyclic) bond motifs is 1. The summed E-state index contributed by atoms with van der Waals surface area (Å²) in [6.07, 6.45) is 2.24. The maximum atomic E-state index is 13.5. The molecular formula is C19H32N7O5P. The minimum Gasteiger partial charge on any atom is -0.481 e. The third kappa shape index (κ3) is 6.72. The van der Waals surface area contributed by atoms with E-state index in [0.717, 1.165) is 0 Å². The van der Waals surface area contributed by atoms with E-state index in [1.165, 1.54) is 6.33 Å². The van der Waals surface area contributed by atoms with Crippen molar-refractivity contribution >= 4 is 36.2 Å². The number of nitrogens with two attached hydrogens (primary N) is 1. The molecule has 0 aliphatic heterocycles. The minimum atomic E-state index is -3.67. The van der Waals surface area contributed by atoms with Crippen molar-refractivity contribution in [3.63, 3.8) is 0 Å². The molecule has 0 amide bonds. The number of hydrogen-bond acceptors (Lipinski definition) is 9. The lowest BCUT2D eigenvalue weighted by molar-refractivity contribution is -0.142. The molecule has 12 nitrogen and oxygen atoms in total. The fraction of sp³-hybridized carbons (Fsp3) is 0.632. The molecule has 0 saturated carbocycles. The Morgan fingerprint density at radius 3 is 2.56 bits per heavy atom. The first-order chi connectivity index (χ1) is 14.9. The summed E-state index contributed by atoms with van der Waals surface area (Å²) < 4.78 is 26.4. The van der Waals surface area contributed by atoms with Gasteiger partial charge in [0.05, 0.1) is 30.6 Å². The van der Waals surface area contributed by atoms with Crippen LogP contribution < -0.4 is 10.8 Å². The summed E-state index contributed by atoms with van der Waals surface area (Å²) in [6.45, 7) is 10.8. The van der Waals surface area contributed by atoms with Crippen LogP contribution in [0.3, 0.4) is 0 Å². The number of imidazole rings is 1. The topological polar surface area (TPSA) is 167 Å². The number of anilines is 1. The van der Waals surface area contributed by atoms with E-state index in [1.807, 2.05) is 13.8 Å². The first-order valence-corrected chi connectivity index (χ1v) is 12.1. The van der Waals surface area contributed by atoms with Crippen molar-refractivity contribution in [3.05, 3.63) is 12.7 Å². The molecule has 32 heavy (non-hydrogen) atoms. The number of carboxylic acid groups (broad SMARTS) is 1. The number of nitrogen functional groups attached to an aromatic ring is 1. The fourth-order valence-electron chi connectivity index (χ4n) is 3.04. The molecule has 2 aromatic rings. The van der Waals surface area contributed by atoms with Crippen molar-refractivity contribution < 1.29 is 23.8 Å². The van der Waals surface area contributed by atoms with Gasteiger partial charge in [0.2, 0.25) is 0 Å². The number of oxime groups is 1. The van der Waals surface area contributed by atoms with Crippen LogP contribution in [0.1, 0.15) is 41.5 Å². The van der Waals surface area contributed by atoms with Gasteiger partial charge < -0.3 is 24.8 Å². The largest absolute Gasteiger partial charge is 0.481 e. The number of rotatable bonds is 12. The Morgan fingerprint density at radius 2 is 1.97 bits per heavy atom. The number of carboxylic acids is 1. The van der Waals surface area contributed by atoms with Gasteiger partial charge in [0.25, 0.3) is 0 Å². The van der Waals surface area contributed by atoms with Gasteiger partial charge in [-0.3, -0.25) is 9.36 Å². The van der Waals surface area contributed by atoms with E-state index >= 15 is 0 Å². The molecule has 2 aromatic heterocycles. The lowest BCUT2D eigenvalue weighted by Gasteiger charge is -2.30. The number of carbonyl (C=O) groups is 1. The molecule has 2 rings (SSSR count). The Kier molecular flexibility index (Phi) is 8.71. The van der Waals surface area contributed by atoms with E-state index in [2.05, 4.69) is 25.2 Å². The zero-order chi connectivity index (χ0) is 24.1. The smallest absolute Gasteiger partial charge is 0.364 e. The van der Waals surface area contributed by atoms with Gasteiger partial charge in [-0.1, -0.05) is 25.9 Å². The second-order valence-electron chi connectivity index (χ2n) is 8.25. The van der Waals surface area contributed by atoms with E-state index in [0.29, 0.717) is 23.4 Å². The lowest BCUT2D eigenvalue weighted by atomic mass is 9.93. The van der Waals surface area contributed by atoms with E-state index in [-0.39, 0.29) is 18.1 Å². The molecule has 0 aromatic carbocycles. The second kappa shape index (κ2) is 10.8. The van der Waals surface area contributed by atoms with Crippen LogP contribution in [0.2, 0.25) is 0 Å². The van der Waals surface area contributed by atoms with Crippen LogP contribution in [0, 0.1) is 11.8 Å². The number of nitrogens with zero attached hydrogens (tertiary/aromatic N) is 5. The van der Waals surface area contributed by atoms with Gasteiger partial charge in [-0.2, -0.15) is 0 Å². The molecule has 0 bridgehead atoms. The molecule has 4 atom stereocenters. The first-order valence-electron chi connectivity index (χ1n) is 10.3. The van der Waals surface area contributed by atoms with Gasteiger partial charge in [0, 0.05) is 6.04 Å². The number of aromatic nitrogens is 4. The molecule has 2 heterocycles. The predicted molar refractivity (Wildman–Crippen MR) is 121 cm³/mol. The summed E-state index contributed by atoms with van der Waals surface area (Å²) in [4.78, 5) is 23.8. The van der Waals surface area contributed by atoms with Crippen molar-refractivity contribution in [1.82, 2.24) is 24.6 Å². The molecule has 0 spiro atoms. The number of aliphatic carboxylic acids is 1. The maximum Gasteiger partial charge on any atom is 0.364 e. The lowest BCUT2D eigenvalue weighted by Crippen LogP contribution is -2.41. The number of hydrogen-bond donors (Lipinski definition) is 3. The molecular weight excluding hydrogens is 437 g/mol. The first kappa shape index (κ1) is 25.7. The Hall–Kier alpha value is -2.56. The average Bonchev–Trinajstić information content (AvgIpc) is 3.12. The predicted octanol–water partition coefficient (Wildman–Crippen LogP) is 2.71. The van der Waals surface area contributed by atoms with Crippen LogP contribution >= 0.6 is 7.52 Å². The third-order valence-electron chi connectivity index (χ3n) is 4.76. The summed E-state index contributed by atoms with van der Waals surface area (Å²) in [5.74, 6) is -1.63. The minimum absolute atomic E-state index is 0.121. The van der Waals surface area contributed by atoms with Gasteiger partial charge in [-0.05, 0) is 26.7 Å². The van der Waals surface area contributed by atoms with Gasteiger partial charge in [-0.15, -0.1) is 0 Å². The fourth-order valence-corrected chi connectivity index (χ4v) is 4.93. The number of nitrogens with one attached hydrogen (secondary N) is 1. The van der Waals surface area contributed by atoms with Crippen molar-refractivity contribution in [3.8, 4) is 0 Å². The highest BCUT2D eigenvalue weighted by Crippen LogP contribution is 2.45. The molecule has 0 fully saturated rings. The van der Waals surface area contributed by atoms with Crippen LogP contribution in [-0.4, -0.2) is 54.8 Å². The number of ether oxygens (including phenoxy) is 1. The van der Waals surface area contributed by atoms with Gasteiger partial charge in [0.1, 0.15) is 18.2 Å². The maximum absolute atomic E-state index is 13.5. The van der Waals surface area contributed by atoms with Crippen LogP contribution in [-0.2, 0) is 25.3 Å². The normalized spacial score (nSPS) is 16.3. The summed E-state index contributed by atoms with van der Waals surface area (Å²) in [7, 11) is -3.67. The van der Waals surface area contributed by atoms with E-state index in [9.17, 15) is 14.5 Å². The van der Waals surface area contributed by atoms with Crippen molar-refractivity contribution in [2.75, 3.05) is 12.1 Å². The molecule has 4 N–H and O–H groups in total. The molecule has 13 heteroatoms. The van der Waals surface area contributed by atoms with E-state index in [4.69, 9.17) is 15.1 Å². The third-order valence-corrected chi connectivity index (χ3v) is 6.29. The van der Waals surface area contributed by atoms with E-state index < -0.39 is 31.6 Å². The Bertz CT molecular complexity index is 1010. The molecule has 0 saturated heterocycles. The van der Waals surface area contributed by atoms with E-state index in [1.54, 1.807) is 38.6 Å². The Labute approximate surface area is 187 Å². The standard InChI is InChI=1S/C19H32N7O5P/c1-11(2)15(14(6)19(27)28)25-32(29,31-24-12(3)4)10-30-13(5)7-26-9-23-16-17(20)21-8-22-18(16)26/h8-9,11,13-15H,7,10H2,1-6H3,(H,25,29)(H,27,28)(H2,20,21,22)/t13-,14?,15?,32+/m1/s1. The second-order valence-corrected chi connectivity index (χ2v) is 10.3. The summed E-state index contributed by atoms with van der Waals surface area (Å²) in [6, 6.07) is -0.609. The summed E-state index contributed by atoms with van der Waals surface area (Å²) in [5.41, 5.74) is 7.43. The Balaban J connectivity index is 2.14. The monoisotopic (exact) mass is 469 g/mol.